The molecule has 0 saturated heterocycles. The van der Waals surface area contributed by atoms with Crippen molar-refractivity contribution >= 4 is 10.9 Å². The van der Waals surface area contributed by atoms with Crippen LogP contribution in [0, 0.1) is 0 Å². The van der Waals surface area contributed by atoms with Gasteiger partial charge < -0.3 is 5.21 Å². The number of pyridine rings is 1. The lowest BCUT2D eigenvalue weighted by atomic mass is 10.1. The first-order valence-electron chi connectivity index (χ1n) is 5.07. The van der Waals surface area contributed by atoms with E-state index in [9.17, 15) is 10.0 Å². The summed E-state index contributed by atoms with van der Waals surface area (Å²) < 4.78 is 1.11. The summed E-state index contributed by atoms with van der Waals surface area (Å²) in [5.74, 6) is 0. The highest BCUT2D eigenvalue weighted by Crippen LogP contribution is 2.11. The largest absolute Gasteiger partial charge is 0.428 e. The van der Waals surface area contributed by atoms with Gasteiger partial charge in [-0.1, -0.05) is 25.5 Å². The Kier molecular flexibility index (Phi) is 2.46. The molecule has 0 radical (unpaired) electrons. The number of fused-ring (bicyclic) bond motifs is 1. The van der Waals surface area contributed by atoms with E-state index in [4.69, 9.17) is 0 Å². The second kappa shape index (κ2) is 3.77. The second-order valence-corrected chi connectivity index (χ2v) is 3.58. The molecule has 0 aliphatic carbocycles. The van der Waals surface area contributed by atoms with E-state index < -0.39 is 0 Å². The smallest absolute Gasteiger partial charge is 0.189 e. The highest BCUT2D eigenvalue weighted by molar-refractivity contribution is 5.78. The molecule has 0 spiro atoms. The lowest BCUT2D eigenvalue weighted by molar-refractivity contribution is 0.188. The van der Waals surface area contributed by atoms with Gasteiger partial charge in [0.15, 0.2) is 5.43 Å². The van der Waals surface area contributed by atoms with Gasteiger partial charge in [0, 0.05) is 11.5 Å². The number of hydrogen-bond acceptors (Lipinski definition) is 2. The zero-order valence-corrected chi connectivity index (χ0v) is 8.60. The summed E-state index contributed by atoms with van der Waals surface area (Å²) in [6.45, 7) is 2.01. The van der Waals surface area contributed by atoms with Crippen LogP contribution in [0.4, 0.5) is 0 Å². The van der Waals surface area contributed by atoms with Crippen molar-refractivity contribution in [1.82, 2.24) is 4.73 Å². The number of benzene rings is 1. The molecule has 78 valence electrons. The molecule has 0 amide bonds. The monoisotopic (exact) mass is 203 g/mol. The molecule has 15 heavy (non-hydrogen) atoms. The van der Waals surface area contributed by atoms with Crippen LogP contribution in [-0.2, 0) is 6.42 Å². The van der Waals surface area contributed by atoms with Gasteiger partial charge in [-0.3, -0.25) is 4.79 Å². The Balaban J connectivity index is 2.79. The van der Waals surface area contributed by atoms with E-state index in [1.165, 1.54) is 6.07 Å². The third kappa shape index (κ3) is 1.61. The molecule has 0 saturated carbocycles. The summed E-state index contributed by atoms with van der Waals surface area (Å²) in [7, 11) is 0. The lowest BCUT2D eigenvalue weighted by Gasteiger charge is -2.09. The van der Waals surface area contributed by atoms with Gasteiger partial charge in [-0.05, 0) is 18.6 Å². The molecular weight excluding hydrogens is 190 g/mol. The fraction of sp³-hybridized carbons (Fsp3) is 0.250. The van der Waals surface area contributed by atoms with E-state index in [2.05, 4.69) is 0 Å². The molecule has 3 heteroatoms. The number of nitrogens with zero attached hydrogens (tertiary/aromatic N) is 1. The van der Waals surface area contributed by atoms with Gasteiger partial charge >= 0.3 is 0 Å². The van der Waals surface area contributed by atoms with E-state index in [-0.39, 0.29) is 5.43 Å². The van der Waals surface area contributed by atoms with Crippen molar-refractivity contribution in [2.75, 3.05) is 0 Å². The molecule has 3 nitrogen and oxygen atoms in total. The van der Waals surface area contributed by atoms with Gasteiger partial charge in [0.1, 0.15) is 0 Å². The molecule has 1 heterocycles. The van der Waals surface area contributed by atoms with E-state index in [0.29, 0.717) is 23.0 Å². The van der Waals surface area contributed by atoms with Crippen molar-refractivity contribution in [1.29, 1.82) is 0 Å². The maximum Gasteiger partial charge on any atom is 0.189 e. The van der Waals surface area contributed by atoms with E-state index in [1.54, 1.807) is 18.2 Å². The molecule has 1 N–H and O–H groups in total. The average Bonchev–Trinajstić information content (AvgIpc) is 2.26. The first kappa shape index (κ1) is 9.77. The van der Waals surface area contributed by atoms with Crippen molar-refractivity contribution in [3.63, 3.8) is 0 Å². The summed E-state index contributed by atoms with van der Waals surface area (Å²) in [5, 5.41) is 10.4. The lowest BCUT2D eigenvalue weighted by Crippen LogP contribution is -2.12. The van der Waals surface area contributed by atoms with Crippen LogP contribution < -0.4 is 5.43 Å². The van der Waals surface area contributed by atoms with Crippen LogP contribution in [0.3, 0.4) is 0 Å². The summed E-state index contributed by atoms with van der Waals surface area (Å²) in [6.07, 6.45) is 1.61. The van der Waals surface area contributed by atoms with Crippen LogP contribution in [0.1, 0.15) is 19.0 Å². The van der Waals surface area contributed by atoms with E-state index in [1.807, 2.05) is 13.0 Å². The SMILES string of the molecule is CCCc1cc(=O)c2ccccc2n1O. The maximum absolute atomic E-state index is 11.7. The number of aromatic nitrogens is 1. The van der Waals surface area contributed by atoms with E-state index >= 15 is 0 Å². The Bertz CT molecular complexity index is 543. The van der Waals surface area contributed by atoms with Crippen LogP contribution in [0.2, 0.25) is 0 Å². The molecule has 0 unspecified atom stereocenters. The van der Waals surface area contributed by atoms with Crippen molar-refractivity contribution in [3.8, 4) is 0 Å². The van der Waals surface area contributed by atoms with Gasteiger partial charge in [-0.25, -0.2) is 0 Å². The Morgan fingerprint density at radius 3 is 2.80 bits per heavy atom. The molecule has 0 bridgehead atoms. The molecule has 0 atom stereocenters. The van der Waals surface area contributed by atoms with Gasteiger partial charge in [0.2, 0.25) is 0 Å². The van der Waals surface area contributed by atoms with Crippen LogP contribution in [0.25, 0.3) is 10.9 Å². The highest BCUT2D eigenvalue weighted by atomic mass is 16.5. The predicted molar refractivity (Wildman–Crippen MR) is 59.4 cm³/mol. The molecule has 1 aromatic carbocycles. The second-order valence-electron chi connectivity index (χ2n) is 3.58. The topological polar surface area (TPSA) is 42.2 Å². The fourth-order valence-electron chi connectivity index (χ4n) is 1.75. The van der Waals surface area contributed by atoms with E-state index in [0.717, 1.165) is 11.2 Å². The van der Waals surface area contributed by atoms with Crippen LogP contribution >= 0.6 is 0 Å². The summed E-state index contributed by atoms with van der Waals surface area (Å²) in [6, 6.07) is 8.58. The molecule has 0 aliphatic heterocycles. The molecule has 2 aromatic rings. The Morgan fingerprint density at radius 2 is 2.07 bits per heavy atom. The number of aryl methyl sites for hydroxylation is 1. The predicted octanol–water partition coefficient (Wildman–Crippen LogP) is 2.19. The van der Waals surface area contributed by atoms with Crippen molar-refractivity contribution in [2.45, 2.75) is 19.8 Å². The van der Waals surface area contributed by atoms with Crippen LogP contribution in [-0.4, -0.2) is 9.94 Å². The molecular formula is C12H13NO2. The number of hydrogen-bond donors (Lipinski definition) is 1. The maximum atomic E-state index is 11.7. The minimum atomic E-state index is -0.0284. The number of rotatable bonds is 2. The zero-order chi connectivity index (χ0) is 10.8. The highest BCUT2D eigenvalue weighted by Gasteiger charge is 2.06. The molecule has 0 fully saturated rings. The first-order chi connectivity index (χ1) is 7.24. The van der Waals surface area contributed by atoms with Gasteiger partial charge in [-0.15, -0.1) is 0 Å². The quantitative estimate of drug-likeness (QED) is 0.760. The molecule has 1 aromatic heterocycles. The molecule has 0 aliphatic rings. The summed E-state index contributed by atoms with van der Waals surface area (Å²) >= 11 is 0. The van der Waals surface area contributed by atoms with Crippen LogP contribution in [0.15, 0.2) is 35.1 Å². The van der Waals surface area contributed by atoms with Gasteiger partial charge in [0.25, 0.3) is 0 Å². The third-order valence-corrected chi connectivity index (χ3v) is 2.47. The average molecular weight is 203 g/mol. The van der Waals surface area contributed by atoms with Crippen LogP contribution in [0.5, 0.6) is 0 Å². The Morgan fingerprint density at radius 1 is 1.33 bits per heavy atom. The first-order valence-corrected chi connectivity index (χ1v) is 5.07. The van der Waals surface area contributed by atoms with Crippen molar-refractivity contribution in [2.24, 2.45) is 0 Å². The Labute approximate surface area is 87.5 Å². The number of para-hydroxylation sites is 1. The van der Waals surface area contributed by atoms with Crippen molar-refractivity contribution in [3.05, 3.63) is 46.2 Å². The van der Waals surface area contributed by atoms with Gasteiger partial charge in [-0.2, -0.15) is 4.73 Å². The fourth-order valence-corrected chi connectivity index (χ4v) is 1.75. The zero-order valence-electron chi connectivity index (χ0n) is 8.60. The normalized spacial score (nSPS) is 10.7. The third-order valence-electron chi connectivity index (χ3n) is 2.47. The minimum Gasteiger partial charge on any atom is -0.428 e. The summed E-state index contributed by atoms with van der Waals surface area (Å²) in [5.41, 5.74) is 1.22. The van der Waals surface area contributed by atoms with Crippen molar-refractivity contribution < 1.29 is 5.21 Å². The van der Waals surface area contributed by atoms with Gasteiger partial charge in [0.05, 0.1) is 11.2 Å². The molecule has 2 rings (SSSR count). The minimum absolute atomic E-state index is 0.0284. The standard InChI is InChI=1S/C12H13NO2/c1-2-5-9-8-12(14)10-6-3-4-7-11(10)13(9)15/h3-4,6-8,15H,2,5H2,1H3. The Hall–Kier alpha value is -1.77. The summed E-state index contributed by atoms with van der Waals surface area (Å²) in [4.78, 5) is 11.7.